The van der Waals surface area contributed by atoms with Crippen LogP contribution in [0.25, 0.3) is 0 Å². The highest BCUT2D eigenvalue weighted by molar-refractivity contribution is 4.93. The maximum atomic E-state index is 10.2. The number of aliphatic hydroxyl groups is 1. The van der Waals surface area contributed by atoms with Gasteiger partial charge in [-0.25, -0.2) is 4.98 Å². The fourth-order valence-corrected chi connectivity index (χ4v) is 2.37. The van der Waals surface area contributed by atoms with E-state index in [0.717, 1.165) is 12.8 Å². The fraction of sp³-hybridized carbons (Fsp3) is 0.727. The molecule has 0 aromatic carbocycles. The lowest BCUT2D eigenvalue weighted by Gasteiger charge is -2.41. The Morgan fingerprint density at radius 3 is 2.93 bits per heavy atom. The van der Waals surface area contributed by atoms with E-state index in [-0.39, 0.29) is 17.6 Å². The largest absolute Gasteiger partial charge is 0.390 e. The van der Waals surface area contributed by atoms with Crippen molar-refractivity contribution in [2.45, 2.75) is 45.3 Å². The van der Waals surface area contributed by atoms with Crippen LogP contribution >= 0.6 is 0 Å². The Balaban J connectivity index is 2.20. The molecule has 2 rings (SSSR count). The zero-order valence-electron chi connectivity index (χ0n) is 8.85. The van der Waals surface area contributed by atoms with E-state index >= 15 is 0 Å². The van der Waals surface area contributed by atoms with Gasteiger partial charge < -0.3 is 9.67 Å². The second kappa shape index (κ2) is 3.39. The molecule has 78 valence electrons. The van der Waals surface area contributed by atoms with Crippen molar-refractivity contribution in [3.63, 3.8) is 0 Å². The Morgan fingerprint density at radius 2 is 2.29 bits per heavy atom. The van der Waals surface area contributed by atoms with E-state index in [0.29, 0.717) is 0 Å². The van der Waals surface area contributed by atoms with Gasteiger partial charge in [-0.1, -0.05) is 20.3 Å². The summed E-state index contributed by atoms with van der Waals surface area (Å²) < 4.78 is 2.03. The van der Waals surface area contributed by atoms with Crippen LogP contribution in [-0.4, -0.2) is 20.8 Å². The molecule has 1 aromatic rings. The average Bonchev–Trinajstić information content (AvgIpc) is 2.62. The summed E-state index contributed by atoms with van der Waals surface area (Å²) in [4.78, 5) is 4.03. The molecular weight excluding hydrogens is 176 g/mol. The van der Waals surface area contributed by atoms with Gasteiger partial charge in [0.25, 0.3) is 0 Å². The van der Waals surface area contributed by atoms with Crippen molar-refractivity contribution >= 4 is 0 Å². The van der Waals surface area contributed by atoms with Gasteiger partial charge >= 0.3 is 0 Å². The topological polar surface area (TPSA) is 38.0 Å². The Morgan fingerprint density at radius 1 is 1.50 bits per heavy atom. The molecule has 1 aliphatic rings. The molecule has 1 aliphatic carbocycles. The summed E-state index contributed by atoms with van der Waals surface area (Å²) in [7, 11) is 0. The molecule has 2 unspecified atom stereocenters. The predicted octanol–water partition coefficient (Wildman–Crippen LogP) is 2.00. The Labute approximate surface area is 84.8 Å². The summed E-state index contributed by atoms with van der Waals surface area (Å²) in [5, 5.41) is 10.2. The minimum Gasteiger partial charge on any atom is -0.390 e. The van der Waals surface area contributed by atoms with Gasteiger partial charge in [0.15, 0.2) is 0 Å². The number of imidazole rings is 1. The van der Waals surface area contributed by atoms with Gasteiger partial charge in [-0.3, -0.25) is 0 Å². The van der Waals surface area contributed by atoms with Crippen LogP contribution < -0.4 is 0 Å². The molecule has 0 bridgehead atoms. The first-order valence-electron chi connectivity index (χ1n) is 5.27. The highest BCUT2D eigenvalue weighted by Gasteiger charge is 2.38. The molecule has 1 aromatic heterocycles. The van der Waals surface area contributed by atoms with Crippen molar-refractivity contribution in [2.75, 3.05) is 0 Å². The molecule has 3 nitrogen and oxygen atoms in total. The second-order valence-electron chi connectivity index (χ2n) is 4.90. The molecule has 2 atom stereocenters. The smallest absolute Gasteiger partial charge is 0.0949 e. The maximum absolute atomic E-state index is 10.2. The Bertz CT molecular complexity index is 292. The van der Waals surface area contributed by atoms with Crippen molar-refractivity contribution in [1.29, 1.82) is 0 Å². The highest BCUT2D eigenvalue weighted by atomic mass is 16.3. The lowest BCUT2D eigenvalue weighted by atomic mass is 9.72. The molecule has 0 aliphatic heterocycles. The number of rotatable bonds is 1. The van der Waals surface area contributed by atoms with Gasteiger partial charge in [0.05, 0.1) is 18.5 Å². The zero-order valence-corrected chi connectivity index (χ0v) is 8.85. The van der Waals surface area contributed by atoms with E-state index in [2.05, 4.69) is 18.8 Å². The summed E-state index contributed by atoms with van der Waals surface area (Å²) in [5.74, 6) is 0. The summed E-state index contributed by atoms with van der Waals surface area (Å²) in [6.07, 6.45) is 8.61. The van der Waals surface area contributed by atoms with Crippen molar-refractivity contribution < 1.29 is 5.11 Å². The molecule has 1 heterocycles. The van der Waals surface area contributed by atoms with E-state index in [1.807, 2.05) is 10.8 Å². The van der Waals surface area contributed by atoms with E-state index in [1.165, 1.54) is 6.42 Å². The number of aliphatic hydroxyl groups excluding tert-OH is 1. The molecule has 1 N–H and O–H groups in total. The van der Waals surface area contributed by atoms with Crippen LogP contribution in [0.3, 0.4) is 0 Å². The molecule has 14 heavy (non-hydrogen) atoms. The van der Waals surface area contributed by atoms with Crippen molar-refractivity contribution in [2.24, 2.45) is 5.41 Å². The lowest BCUT2D eigenvalue weighted by molar-refractivity contribution is -0.0262. The quantitative estimate of drug-likeness (QED) is 0.742. The standard InChI is InChI=1S/C11H18N2O/c1-11(2)5-3-4-9(10(11)14)13-7-6-12-8-13/h6-10,14H,3-5H2,1-2H3. The van der Waals surface area contributed by atoms with Crippen LogP contribution in [0.4, 0.5) is 0 Å². The maximum Gasteiger partial charge on any atom is 0.0949 e. The monoisotopic (exact) mass is 194 g/mol. The third-order valence-electron chi connectivity index (χ3n) is 3.39. The molecule has 3 heteroatoms. The minimum absolute atomic E-state index is 0.0349. The fourth-order valence-electron chi connectivity index (χ4n) is 2.37. The third kappa shape index (κ3) is 1.57. The summed E-state index contributed by atoms with van der Waals surface area (Å²) in [6, 6.07) is 0.209. The van der Waals surface area contributed by atoms with Gasteiger partial charge in [-0.2, -0.15) is 0 Å². The molecule has 0 saturated heterocycles. The van der Waals surface area contributed by atoms with Crippen LogP contribution in [-0.2, 0) is 0 Å². The first kappa shape index (κ1) is 9.71. The Kier molecular flexibility index (Phi) is 2.35. The van der Waals surface area contributed by atoms with Gasteiger partial charge in [-0.05, 0) is 18.3 Å². The van der Waals surface area contributed by atoms with E-state index in [9.17, 15) is 5.11 Å². The van der Waals surface area contributed by atoms with Gasteiger partial charge in [0.1, 0.15) is 0 Å². The molecule has 1 saturated carbocycles. The third-order valence-corrected chi connectivity index (χ3v) is 3.39. The molecule has 0 amide bonds. The van der Waals surface area contributed by atoms with Gasteiger partial charge in [-0.15, -0.1) is 0 Å². The number of hydrogen-bond donors (Lipinski definition) is 1. The zero-order chi connectivity index (χ0) is 10.2. The number of hydrogen-bond acceptors (Lipinski definition) is 2. The lowest BCUT2D eigenvalue weighted by Crippen LogP contribution is -2.40. The van der Waals surface area contributed by atoms with Crippen LogP contribution in [0, 0.1) is 5.41 Å². The van der Waals surface area contributed by atoms with Crippen LogP contribution in [0.2, 0.25) is 0 Å². The molecule has 0 radical (unpaired) electrons. The second-order valence-corrected chi connectivity index (χ2v) is 4.90. The summed E-state index contributed by atoms with van der Waals surface area (Å²) in [5.41, 5.74) is 0.0349. The summed E-state index contributed by atoms with van der Waals surface area (Å²) in [6.45, 7) is 4.28. The molecule has 0 spiro atoms. The van der Waals surface area contributed by atoms with Crippen molar-refractivity contribution in [3.8, 4) is 0 Å². The normalized spacial score (nSPS) is 31.6. The number of aromatic nitrogens is 2. The minimum atomic E-state index is -0.259. The van der Waals surface area contributed by atoms with Crippen LogP contribution in [0.1, 0.15) is 39.2 Å². The highest BCUT2D eigenvalue weighted by Crippen LogP contribution is 2.40. The average molecular weight is 194 g/mol. The van der Waals surface area contributed by atoms with E-state index < -0.39 is 0 Å². The Hall–Kier alpha value is -0.830. The van der Waals surface area contributed by atoms with Crippen molar-refractivity contribution in [1.82, 2.24) is 9.55 Å². The molecular formula is C11H18N2O. The van der Waals surface area contributed by atoms with Gasteiger partial charge in [0, 0.05) is 12.4 Å². The number of nitrogens with zero attached hydrogens (tertiary/aromatic N) is 2. The first-order valence-corrected chi connectivity index (χ1v) is 5.27. The van der Waals surface area contributed by atoms with Gasteiger partial charge in [0.2, 0.25) is 0 Å². The van der Waals surface area contributed by atoms with E-state index in [4.69, 9.17) is 0 Å². The first-order chi connectivity index (χ1) is 6.61. The van der Waals surface area contributed by atoms with Crippen LogP contribution in [0.5, 0.6) is 0 Å². The summed E-state index contributed by atoms with van der Waals surface area (Å²) >= 11 is 0. The van der Waals surface area contributed by atoms with Crippen LogP contribution in [0.15, 0.2) is 18.7 Å². The molecule has 1 fully saturated rings. The van der Waals surface area contributed by atoms with E-state index in [1.54, 1.807) is 12.5 Å². The van der Waals surface area contributed by atoms with Crippen molar-refractivity contribution in [3.05, 3.63) is 18.7 Å². The predicted molar refractivity (Wildman–Crippen MR) is 54.9 cm³/mol. The SMILES string of the molecule is CC1(C)CCCC(n2ccnc2)C1O.